The molecule has 1 nitrogen and oxygen atoms in total. The van der Waals surface area contributed by atoms with E-state index in [1.807, 2.05) is 0 Å². The van der Waals surface area contributed by atoms with Gasteiger partial charge in [-0.15, -0.1) is 0 Å². The SMILES string of the molecule is NC1(CCF)CCC(F)(F)C1. The molecule has 2 N–H and O–H groups in total. The van der Waals surface area contributed by atoms with E-state index in [9.17, 15) is 13.2 Å². The van der Waals surface area contributed by atoms with Gasteiger partial charge in [0.25, 0.3) is 0 Å². The van der Waals surface area contributed by atoms with Crippen LogP contribution in [0.5, 0.6) is 0 Å². The summed E-state index contributed by atoms with van der Waals surface area (Å²) in [6, 6.07) is 0. The van der Waals surface area contributed by atoms with Crippen LogP contribution in [0.2, 0.25) is 0 Å². The Labute approximate surface area is 63.8 Å². The molecule has 1 unspecified atom stereocenters. The zero-order valence-corrected chi connectivity index (χ0v) is 6.25. The van der Waals surface area contributed by atoms with E-state index in [1.165, 1.54) is 0 Å². The molecular weight excluding hydrogens is 155 g/mol. The van der Waals surface area contributed by atoms with Crippen molar-refractivity contribution in [2.45, 2.75) is 37.1 Å². The first kappa shape index (κ1) is 8.84. The maximum Gasteiger partial charge on any atom is 0.250 e. The molecule has 0 bridgehead atoms. The zero-order chi connectivity index (χ0) is 8.54. The van der Waals surface area contributed by atoms with Gasteiger partial charge in [0.1, 0.15) is 0 Å². The van der Waals surface area contributed by atoms with E-state index in [1.54, 1.807) is 0 Å². The van der Waals surface area contributed by atoms with Gasteiger partial charge in [-0.3, -0.25) is 4.39 Å². The van der Waals surface area contributed by atoms with E-state index < -0.39 is 18.1 Å². The third-order valence-corrected chi connectivity index (χ3v) is 2.19. The second-order valence-electron chi connectivity index (χ2n) is 3.33. The maximum absolute atomic E-state index is 12.6. The van der Waals surface area contributed by atoms with Crippen molar-refractivity contribution < 1.29 is 13.2 Å². The van der Waals surface area contributed by atoms with Crippen LogP contribution in [0.1, 0.15) is 25.7 Å². The molecule has 0 saturated heterocycles. The Hall–Kier alpha value is -0.250. The second kappa shape index (κ2) is 2.66. The summed E-state index contributed by atoms with van der Waals surface area (Å²) >= 11 is 0. The Morgan fingerprint density at radius 1 is 1.27 bits per heavy atom. The molecule has 0 amide bonds. The Balaban J connectivity index is 2.51. The smallest absolute Gasteiger partial charge is 0.250 e. The van der Waals surface area contributed by atoms with Crippen molar-refractivity contribution in [3.63, 3.8) is 0 Å². The Bertz CT molecular complexity index is 149. The van der Waals surface area contributed by atoms with Crippen LogP contribution in [0.4, 0.5) is 13.2 Å². The molecule has 1 fully saturated rings. The molecule has 1 aliphatic rings. The third kappa shape index (κ3) is 2.09. The van der Waals surface area contributed by atoms with Gasteiger partial charge in [0.15, 0.2) is 0 Å². The highest BCUT2D eigenvalue weighted by molar-refractivity contribution is 4.97. The highest BCUT2D eigenvalue weighted by Crippen LogP contribution is 2.41. The lowest BCUT2D eigenvalue weighted by molar-refractivity contribution is 0.00248. The van der Waals surface area contributed by atoms with Gasteiger partial charge in [0.05, 0.1) is 6.67 Å². The molecule has 1 rings (SSSR count). The fourth-order valence-corrected chi connectivity index (χ4v) is 1.53. The van der Waals surface area contributed by atoms with Gasteiger partial charge in [0, 0.05) is 18.4 Å². The van der Waals surface area contributed by atoms with Crippen LogP contribution in [-0.4, -0.2) is 18.1 Å². The lowest BCUT2D eigenvalue weighted by atomic mass is 9.95. The average Bonchev–Trinajstić information content (AvgIpc) is 2.07. The number of alkyl halides is 3. The van der Waals surface area contributed by atoms with Crippen LogP contribution in [0.15, 0.2) is 0 Å². The van der Waals surface area contributed by atoms with Crippen molar-refractivity contribution in [1.29, 1.82) is 0 Å². The molecule has 1 aliphatic carbocycles. The van der Waals surface area contributed by atoms with Crippen LogP contribution < -0.4 is 5.73 Å². The molecule has 11 heavy (non-hydrogen) atoms. The summed E-state index contributed by atoms with van der Waals surface area (Å²) in [6.07, 6.45) is -0.250. The van der Waals surface area contributed by atoms with Crippen LogP contribution in [0.25, 0.3) is 0 Å². The van der Waals surface area contributed by atoms with Crippen LogP contribution >= 0.6 is 0 Å². The monoisotopic (exact) mass is 167 g/mol. The summed E-state index contributed by atoms with van der Waals surface area (Å²) < 4.78 is 36.9. The molecule has 1 atom stereocenters. The van der Waals surface area contributed by atoms with Gasteiger partial charge in [-0.05, 0) is 12.8 Å². The van der Waals surface area contributed by atoms with E-state index in [0.29, 0.717) is 0 Å². The molecule has 4 heteroatoms. The summed E-state index contributed by atoms with van der Waals surface area (Å²) in [7, 11) is 0. The van der Waals surface area contributed by atoms with Crippen molar-refractivity contribution in [3.8, 4) is 0 Å². The number of nitrogens with two attached hydrogens (primary N) is 1. The maximum atomic E-state index is 12.6. The molecule has 0 aromatic rings. The third-order valence-electron chi connectivity index (χ3n) is 2.19. The standard InChI is InChI=1S/C7H12F3N/c8-4-3-6(11)1-2-7(9,10)5-6/h1-5,11H2. The summed E-state index contributed by atoms with van der Waals surface area (Å²) in [4.78, 5) is 0. The largest absolute Gasteiger partial charge is 0.325 e. The molecule has 0 aromatic heterocycles. The fourth-order valence-electron chi connectivity index (χ4n) is 1.53. The number of hydrogen-bond donors (Lipinski definition) is 1. The van der Waals surface area contributed by atoms with Crippen molar-refractivity contribution in [1.82, 2.24) is 0 Å². The Morgan fingerprint density at radius 2 is 1.91 bits per heavy atom. The highest BCUT2D eigenvalue weighted by Gasteiger charge is 2.46. The van der Waals surface area contributed by atoms with Gasteiger partial charge >= 0.3 is 0 Å². The van der Waals surface area contributed by atoms with Crippen LogP contribution in [0, 0.1) is 0 Å². The minimum Gasteiger partial charge on any atom is -0.325 e. The van der Waals surface area contributed by atoms with Crippen molar-refractivity contribution in [2.75, 3.05) is 6.67 Å². The number of hydrogen-bond acceptors (Lipinski definition) is 1. The summed E-state index contributed by atoms with van der Waals surface area (Å²) in [5.74, 6) is -2.66. The lowest BCUT2D eigenvalue weighted by Gasteiger charge is -2.21. The molecular formula is C7H12F3N. The average molecular weight is 167 g/mol. The second-order valence-corrected chi connectivity index (χ2v) is 3.33. The van der Waals surface area contributed by atoms with Crippen LogP contribution in [-0.2, 0) is 0 Å². The zero-order valence-electron chi connectivity index (χ0n) is 6.25. The molecule has 0 radical (unpaired) electrons. The van der Waals surface area contributed by atoms with Crippen molar-refractivity contribution in [3.05, 3.63) is 0 Å². The van der Waals surface area contributed by atoms with Gasteiger partial charge in [0.2, 0.25) is 5.92 Å². The Morgan fingerprint density at radius 3 is 2.27 bits per heavy atom. The van der Waals surface area contributed by atoms with Crippen LogP contribution in [0.3, 0.4) is 0 Å². The molecule has 66 valence electrons. The predicted octanol–water partition coefficient (Wildman–Crippen LogP) is 1.86. The number of halogens is 3. The number of rotatable bonds is 2. The quantitative estimate of drug-likeness (QED) is 0.667. The minimum absolute atomic E-state index is 0.0581. The normalized spacial score (nSPS) is 36.0. The van der Waals surface area contributed by atoms with Crippen molar-refractivity contribution in [2.24, 2.45) is 5.73 Å². The lowest BCUT2D eigenvalue weighted by Crippen LogP contribution is -2.38. The summed E-state index contributed by atoms with van der Waals surface area (Å²) in [6.45, 7) is -0.605. The van der Waals surface area contributed by atoms with Gasteiger partial charge in [-0.2, -0.15) is 0 Å². The predicted molar refractivity (Wildman–Crippen MR) is 36.3 cm³/mol. The highest BCUT2D eigenvalue weighted by atomic mass is 19.3. The molecule has 0 heterocycles. The first-order chi connectivity index (χ1) is 4.97. The van der Waals surface area contributed by atoms with Gasteiger partial charge in [-0.1, -0.05) is 0 Å². The van der Waals surface area contributed by atoms with E-state index >= 15 is 0 Å². The molecule has 0 spiro atoms. The topological polar surface area (TPSA) is 26.0 Å². The summed E-state index contributed by atoms with van der Waals surface area (Å²) in [5.41, 5.74) is 4.58. The van der Waals surface area contributed by atoms with E-state index in [0.717, 1.165) is 0 Å². The summed E-state index contributed by atoms with van der Waals surface area (Å²) in [5, 5.41) is 0. The first-order valence-corrected chi connectivity index (χ1v) is 3.70. The fraction of sp³-hybridized carbons (Fsp3) is 1.00. The van der Waals surface area contributed by atoms with E-state index in [4.69, 9.17) is 5.73 Å². The van der Waals surface area contributed by atoms with E-state index in [2.05, 4.69) is 0 Å². The van der Waals surface area contributed by atoms with Crippen molar-refractivity contribution >= 4 is 0 Å². The molecule has 0 aromatic carbocycles. The van der Waals surface area contributed by atoms with E-state index in [-0.39, 0.29) is 25.7 Å². The van der Waals surface area contributed by atoms with Gasteiger partial charge < -0.3 is 5.73 Å². The first-order valence-electron chi connectivity index (χ1n) is 3.70. The minimum atomic E-state index is -2.66. The van der Waals surface area contributed by atoms with Gasteiger partial charge in [-0.25, -0.2) is 8.78 Å². The molecule has 1 saturated carbocycles. The Kier molecular flexibility index (Phi) is 2.14. The molecule has 0 aliphatic heterocycles.